The van der Waals surface area contributed by atoms with Gasteiger partial charge >= 0.3 is 0 Å². The van der Waals surface area contributed by atoms with Gasteiger partial charge < -0.3 is 4.57 Å². The Morgan fingerprint density at radius 1 is 1.38 bits per heavy atom. The van der Waals surface area contributed by atoms with Crippen LogP contribution in [0.2, 0.25) is 0 Å². The molecule has 1 heterocycles. The van der Waals surface area contributed by atoms with E-state index in [1.807, 2.05) is 18.2 Å². The van der Waals surface area contributed by atoms with Crippen LogP contribution in [0.1, 0.15) is 57.0 Å². The number of halogens is 1. The van der Waals surface area contributed by atoms with Crippen LogP contribution in [-0.2, 0) is 5.88 Å². The highest BCUT2D eigenvalue weighted by atomic mass is 35.5. The summed E-state index contributed by atoms with van der Waals surface area (Å²) >= 11 is 6.10. The quantitative estimate of drug-likeness (QED) is 0.748. The van der Waals surface area contributed by atoms with E-state index < -0.39 is 0 Å². The SMILES string of the molecule is CC1(C)CCC(n2c(CCl)nc3ccc(C#N)cc32)CC1. The number of nitrogens with zero attached hydrogens (tertiary/aromatic N) is 3. The molecule has 1 aliphatic carbocycles. The molecule has 1 aromatic heterocycles. The smallest absolute Gasteiger partial charge is 0.125 e. The number of nitriles is 1. The van der Waals surface area contributed by atoms with E-state index in [-0.39, 0.29) is 0 Å². The van der Waals surface area contributed by atoms with Crippen molar-refractivity contribution in [1.82, 2.24) is 9.55 Å². The van der Waals surface area contributed by atoms with Gasteiger partial charge in [-0.05, 0) is 49.3 Å². The molecule has 0 spiro atoms. The standard InChI is InChI=1S/C17H20ClN3/c1-17(2)7-5-13(6-8-17)21-15-9-12(11-19)3-4-14(15)20-16(21)10-18/h3-4,9,13H,5-8,10H2,1-2H3. The number of aromatic nitrogens is 2. The summed E-state index contributed by atoms with van der Waals surface area (Å²) in [5, 5.41) is 9.13. The third-order valence-electron chi connectivity index (χ3n) is 4.68. The monoisotopic (exact) mass is 301 g/mol. The Bertz CT molecular complexity index is 699. The van der Waals surface area contributed by atoms with E-state index in [0.717, 1.165) is 29.7 Å². The first kappa shape index (κ1) is 14.4. The normalized spacial score (nSPS) is 18.8. The van der Waals surface area contributed by atoms with Gasteiger partial charge in [-0.15, -0.1) is 11.6 Å². The molecule has 0 saturated heterocycles. The molecule has 1 aromatic carbocycles. The van der Waals surface area contributed by atoms with Crippen LogP contribution in [0, 0.1) is 16.7 Å². The molecule has 4 heteroatoms. The molecule has 1 saturated carbocycles. The number of fused-ring (bicyclic) bond motifs is 1. The highest BCUT2D eigenvalue weighted by Gasteiger charge is 2.29. The second kappa shape index (κ2) is 5.35. The predicted molar refractivity (Wildman–Crippen MR) is 85.3 cm³/mol. The van der Waals surface area contributed by atoms with Crippen LogP contribution >= 0.6 is 11.6 Å². The Morgan fingerprint density at radius 3 is 2.71 bits per heavy atom. The number of hydrogen-bond donors (Lipinski definition) is 0. The fourth-order valence-electron chi connectivity index (χ4n) is 3.36. The van der Waals surface area contributed by atoms with E-state index >= 15 is 0 Å². The van der Waals surface area contributed by atoms with Gasteiger partial charge in [-0.1, -0.05) is 13.8 Å². The molecular weight excluding hydrogens is 282 g/mol. The highest BCUT2D eigenvalue weighted by Crippen LogP contribution is 2.41. The molecule has 21 heavy (non-hydrogen) atoms. The van der Waals surface area contributed by atoms with Crippen molar-refractivity contribution in [2.24, 2.45) is 5.41 Å². The van der Waals surface area contributed by atoms with Gasteiger partial charge in [0.2, 0.25) is 0 Å². The number of benzene rings is 1. The first-order chi connectivity index (χ1) is 10.0. The van der Waals surface area contributed by atoms with Gasteiger partial charge in [0, 0.05) is 6.04 Å². The maximum absolute atomic E-state index is 9.13. The topological polar surface area (TPSA) is 41.6 Å². The summed E-state index contributed by atoms with van der Waals surface area (Å²) in [7, 11) is 0. The van der Waals surface area contributed by atoms with Gasteiger partial charge in [0.05, 0.1) is 28.5 Å². The lowest BCUT2D eigenvalue weighted by Crippen LogP contribution is -2.24. The van der Waals surface area contributed by atoms with Gasteiger partial charge in [0.1, 0.15) is 5.82 Å². The summed E-state index contributed by atoms with van der Waals surface area (Å²) in [6, 6.07) is 8.35. The lowest BCUT2D eigenvalue weighted by molar-refractivity contribution is 0.194. The van der Waals surface area contributed by atoms with Crippen molar-refractivity contribution < 1.29 is 0 Å². The summed E-state index contributed by atoms with van der Waals surface area (Å²) in [5.41, 5.74) is 3.11. The molecule has 110 valence electrons. The molecule has 1 fully saturated rings. The average Bonchev–Trinajstić information content (AvgIpc) is 2.85. The van der Waals surface area contributed by atoms with Crippen LogP contribution in [-0.4, -0.2) is 9.55 Å². The van der Waals surface area contributed by atoms with Crippen LogP contribution < -0.4 is 0 Å². The van der Waals surface area contributed by atoms with Gasteiger partial charge in [-0.25, -0.2) is 4.98 Å². The molecule has 3 rings (SSSR count). The fraction of sp³-hybridized carbons (Fsp3) is 0.529. The third kappa shape index (κ3) is 2.65. The molecule has 3 nitrogen and oxygen atoms in total. The first-order valence-corrected chi connectivity index (χ1v) is 8.04. The molecule has 0 amide bonds. The maximum Gasteiger partial charge on any atom is 0.125 e. The fourth-order valence-corrected chi connectivity index (χ4v) is 3.54. The summed E-state index contributed by atoms with van der Waals surface area (Å²) in [6.07, 6.45) is 4.74. The van der Waals surface area contributed by atoms with Crippen LogP contribution in [0.25, 0.3) is 11.0 Å². The lowest BCUT2D eigenvalue weighted by Gasteiger charge is -2.35. The van der Waals surface area contributed by atoms with E-state index in [0.29, 0.717) is 22.9 Å². The van der Waals surface area contributed by atoms with Crippen molar-refractivity contribution in [3.05, 3.63) is 29.6 Å². The van der Waals surface area contributed by atoms with Gasteiger partial charge in [-0.2, -0.15) is 5.26 Å². The molecule has 0 unspecified atom stereocenters. The zero-order valence-corrected chi connectivity index (χ0v) is 13.3. The van der Waals surface area contributed by atoms with Crippen LogP contribution in [0.3, 0.4) is 0 Å². The minimum Gasteiger partial charge on any atom is -0.324 e. The second-order valence-electron chi connectivity index (χ2n) is 6.74. The summed E-state index contributed by atoms with van der Waals surface area (Å²) < 4.78 is 2.28. The van der Waals surface area contributed by atoms with Gasteiger partial charge in [0.15, 0.2) is 0 Å². The first-order valence-electron chi connectivity index (χ1n) is 7.51. The number of hydrogen-bond acceptors (Lipinski definition) is 2. The minimum absolute atomic E-state index is 0.413. The number of rotatable bonds is 2. The molecular formula is C17H20ClN3. The Labute approximate surface area is 130 Å². The Kier molecular flexibility index (Phi) is 3.67. The lowest BCUT2D eigenvalue weighted by atomic mass is 9.75. The maximum atomic E-state index is 9.13. The molecule has 1 aliphatic rings. The molecule has 0 N–H and O–H groups in total. The van der Waals surface area contributed by atoms with Crippen LogP contribution in [0.15, 0.2) is 18.2 Å². The third-order valence-corrected chi connectivity index (χ3v) is 4.92. The predicted octanol–water partition coefficient (Wildman–Crippen LogP) is 4.79. The minimum atomic E-state index is 0.413. The molecule has 0 aliphatic heterocycles. The van der Waals surface area contributed by atoms with E-state index in [2.05, 4.69) is 29.5 Å². The van der Waals surface area contributed by atoms with Crippen molar-refractivity contribution in [3.63, 3.8) is 0 Å². The zero-order chi connectivity index (χ0) is 15.0. The Hall–Kier alpha value is -1.53. The van der Waals surface area contributed by atoms with E-state index in [1.54, 1.807) is 0 Å². The number of alkyl halides is 1. The summed E-state index contributed by atoms with van der Waals surface area (Å²) in [6.45, 7) is 4.68. The Morgan fingerprint density at radius 2 is 2.10 bits per heavy atom. The average molecular weight is 302 g/mol. The van der Waals surface area contributed by atoms with Crippen molar-refractivity contribution in [2.45, 2.75) is 51.5 Å². The van der Waals surface area contributed by atoms with Crippen molar-refractivity contribution in [3.8, 4) is 6.07 Å². The van der Waals surface area contributed by atoms with E-state index in [1.165, 1.54) is 12.8 Å². The van der Waals surface area contributed by atoms with Crippen molar-refractivity contribution in [1.29, 1.82) is 5.26 Å². The van der Waals surface area contributed by atoms with Crippen LogP contribution in [0.5, 0.6) is 0 Å². The van der Waals surface area contributed by atoms with Gasteiger partial charge in [-0.3, -0.25) is 0 Å². The largest absolute Gasteiger partial charge is 0.324 e. The number of imidazole rings is 1. The van der Waals surface area contributed by atoms with E-state index in [4.69, 9.17) is 16.9 Å². The van der Waals surface area contributed by atoms with Crippen molar-refractivity contribution in [2.75, 3.05) is 0 Å². The van der Waals surface area contributed by atoms with Gasteiger partial charge in [0.25, 0.3) is 0 Å². The molecule has 2 aromatic rings. The highest BCUT2D eigenvalue weighted by molar-refractivity contribution is 6.16. The zero-order valence-electron chi connectivity index (χ0n) is 12.6. The molecule has 0 atom stereocenters. The second-order valence-corrected chi connectivity index (χ2v) is 7.01. The van der Waals surface area contributed by atoms with Crippen molar-refractivity contribution >= 4 is 22.6 Å². The van der Waals surface area contributed by atoms with E-state index in [9.17, 15) is 0 Å². The molecule has 0 radical (unpaired) electrons. The summed E-state index contributed by atoms with van der Waals surface area (Å²) in [5.74, 6) is 1.34. The summed E-state index contributed by atoms with van der Waals surface area (Å²) in [4.78, 5) is 4.64. The Balaban J connectivity index is 2.06. The molecule has 0 bridgehead atoms. The van der Waals surface area contributed by atoms with Crippen LogP contribution in [0.4, 0.5) is 0 Å².